The molecule has 1 atom stereocenters. The number of ether oxygens (including phenoxy) is 1. The number of anilines is 2. The van der Waals surface area contributed by atoms with Crippen LogP contribution in [0.3, 0.4) is 0 Å². The van der Waals surface area contributed by atoms with Crippen molar-refractivity contribution < 1.29 is 4.74 Å². The van der Waals surface area contributed by atoms with Gasteiger partial charge in [-0.15, -0.1) is 0 Å². The number of nitrogen functional groups attached to an aromatic ring is 1. The largest absolute Gasteiger partial charge is 0.473 e. The fourth-order valence-corrected chi connectivity index (χ4v) is 1.45. The zero-order valence-electron chi connectivity index (χ0n) is 11.3. The molecule has 1 unspecified atom stereocenters. The summed E-state index contributed by atoms with van der Waals surface area (Å²) in [5.41, 5.74) is 6.34. The maximum atomic E-state index is 8.71. The number of nitrogens with two attached hydrogens (primary N) is 1. The third kappa shape index (κ3) is 3.52. The second-order valence-corrected chi connectivity index (χ2v) is 4.55. The molecule has 0 aliphatic rings. The van der Waals surface area contributed by atoms with Crippen LogP contribution in [0.4, 0.5) is 11.5 Å². The van der Waals surface area contributed by atoms with Gasteiger partial charge >= 0.3 is 0 Å². The second kappa shape index (κ2) is 6.10. The van der Waals surface area contributed by atoms with Gasteiger partial charge in [0.05, 0.1) is 24.3 Å². The van der Waals surface area contributed by atoms with Gasteiger partial charge in [0.2, 0.25) is 5.88 Å². The van der Waals surface area contributed by atoms with Crippen molar-refractivity contribution in [3.8, 4) is 11.9 Å². The van der Waals surface area contributed by atoms with Crippen LogP contribution in [0, 0.1) is 11.3 Å². The highest BCUT2D eigenvalue weighted by atomic mass is 16.5. The van der Waals surface area contributed by atoms with Gasteiger partial charge in [0.1, 0.15) is 5.82 Å². The van der Waals surface area contributed by atoms with Gasteiger partial charge in [0.25, 0.3) is 0 Å². The second-order valence-electron chi connectivity index (χ2n) is 4.55. The lowest BCUT2D eigenvalue weighted by Gasteiger charge is -2.24. The van der Waals surface area contributed by atoms with E-state index < -0.39 is 0 Å². The number of nitriles is 1. The molecule has 18 heavy (non-hydrogen) atoms. The Morgan fingerprint density at radius 3 is 2.67 bits per heavy atom. The van der Waals surface area contributed by atoms with Gasteiger partial charge < -0.3 is 15.4 Å². The Bertz CT molecular complexity index is 439. The standard InChI is InChI=1S/C13H20N4O/c1-9(2)18-13-11(15)5-6-12(16-13)17(4)10(3)7-8-14/h5-6,9-10H,7,15H2,1-4H3. The molecule has 1 rings (SSSR count). The minimum absolute atomic E-state index is 0.0249. The molecule has 0 amide bonds. The minimum atomic E-state index is 0.0249. The van der Waals surface area contributed by atoms with Crippen LogP contribution in [0.25, 0.3) is 0 Å². The zero-order chi connectivity index (χ0) is 13.7. The molecule has 1 heterocycles. The highest BCUT2D eigenvalue weighted by Crippen LogP contribution is 2.24. The monoisotopic (exact) mass is 248 g/mol. The summed E-state index contributed by atoms with van der Waals surface area (Å²) in [5, 5.41) is 8.71. The molecule has 2 N–H and O–H groups in total. The molecule has 0 aromatic carbocycles. The van der Waals surface area contributed by atoms with E-state index in [1.165, 1.54) is 0 Å². The quantitative estimate of drug-likeness (QED) is 0.864. The van der Waals surface area contributed by atoms with Crippen LogP contribution in [-0.4, -0.2) is 24.2 Å². The van der Waals surface area contributed by atoms with E-state index in [0.29, 0.717) is 18.0 Å². The maximum Gasteiger partial charge on any atom is 0.239 e. The first kappa shape index (κ1) is 14.1. The van der Waals surface area contributed by atoms with Gasteiger partial charge in [-0.25, -0.2) is 0 Å². The maximum absolute atomic E-state index is 8.71. The lowest BCUT2D eigenvalue weighted by molar-refractivity contribution is 0.234. The van der Waals surface area contributed by atoms with Crippen molar-refractivity contribution in [2.75, 3.05) is 17.7 Å². The highest BCUT2D eigenvalue weighted by molar-refractivity contribution is 5.54. The Hall–Kier alpha value is -1.96. The normalized spacial score (nSPS) is 12.0. The van der Waals surface area contributed by atoms with E-state index >= 15 is 0 Å². The summed E-state index contributed by atoms with van der Waals surface area (Å²) < 4.78 is 5.55. The van der Waals surface area contributed by atoms with E-state index in [9.17, 15) is 0 Å². The number of hydrogen-bond donors (Lipinski definition) is 1. The van der Waals surface area contributed by atoms with Gasteiger partial charge in [-0.3, -0.25) is 0 Å². The predicted molar refractivity (Wildman–Crippen MR) is 72.5 cm³/mol. The summed E-state index contributed by atoms with van der Waals surface area (Å²) in [6, 6.07) is 5.85. The van der Waals surface area contributed by atoms with Gasteiger partial charge in [0, 0.05) is 13.1 Å². The molecular formula is C13H20N4O. The highest BCUT2D eigenvalue weighted by Gasteiger charge is 2.13. The van der Waals surface area contributed by atoms with Crippen LogP contribution < -0.4 is 15.4 Å². The summed E-state index contributed by atoms with van der Waals surface area (Å²) in [4.78, 5) is 6.33. The van der Waals surface area contributed by atoms with Gasteiger partial charge in [-0.1, -0.05) is 0 Å². The number of pyridine rings is 1. The third-order valence-corrected chi connectivity index (χ3v) is 2.63. The van der Waals surface area contributed by atoms with E-state index in [0.717, 1.165) is 5.82 Å². The molecule has 0 bridgehead atoms. The first-order valence-corrected chi connectivity index (χ1v) is 5.98. The molecule has 0 saturated carbocycles. The van der Waals surface area contributed by atoms with Crippen LogP contribution in [0.2, 0.25) is 0 Å². The summed E-state index contributed by atoms with van der Waals surface area (Å²) in [6.45, 7) is 5.83. The van der Waals surface area contributed by atoms with Gasteiger partial charge in [0.15, 0.2) is 0 Å². The van der Waals surface area contributed by atoms with Crippen molar-refractivity contribution in [1.29, 1.82) is 5.26 Å². The third-order valence-electron chi connectivity index (χ3n) is 2.63. The molecule has 0 fully saturated rings. The first-order valence-electron chi connectivity index (χ1n) is 5.98. The van der Waals surface area contributed by atoms with E-state index in [1.54, 1.807) is 6.07 Å². The predicted octanol–water partition coefficient (Wildman–Crippen LogP) is 2.19. The molecule has 5 heteroatoms. The Balaban J connectivity index is 2.94. The lowest BCUT2D eigenvalue weighted by atomic mass is 10.2. The zero-order valence-corrected chi connectivity index (χ0v) is 11.3. The Kier molecular flexibility index (Phi) is 4.78. The van der Waals surface area contributed by atoms with Crippen molar-refractivity contribution in [3.05, 3.63) is 12.1 Å². The molecule has 0 aliphatic carbocycles. The fraction of sp³-hybridized carbons (Fsp3) is 0.538. The van der Waals surface area contributed by atoms with Gasteiger partial charge in [-0.2, -0.15) is 10.2 Å². The fourth-order valence-electron chi connectivity index (χ4n) is 1.45. The number of rotatable bonds is 5. The lowest BCUT2D eigenvalue weighted by Crippen LogP contribution is -2.29. The number of aromatic nitrogens is 1. The molecule has 98 valence electrons. The average Bonchev–Trinajstić information content (AvgIpc) is 2.31. The summed E-state index contributed by atoms with van der Waals surface area (Å²) in [7, 11) is 1.90. The molecule has 5 nitrogen and oxygen atoms in total. The Labute approximate surface area is 108 Å². The van der Waals surface area contributed by atoms with E-state index in [-0.39, 0.29) is 12.1 Å². The molecule has 0 radical (unpaired) electrons. The van der Waals surface area contributed by atoms with Crippen molar-refractivity contribution in [2.45, 2.75) is 39.3 Å². The minimum Gasteiger partial charge on any atom is -0.473 e. The first-order chi connectivity index (χ1) is 8.45. The van der Waals surface area contributed by atoms with E-state index in [2.05, 4.69) is 11.1 Å². The molecule has 1 aromatic heterocycles. The molecule has 1 aromatic rings. The smallest absolute Gasteiger partial charge is 0.239 e. The van der Waals surface area contributed by atoms with Crippen LogP contribution in [0.5, 0.6) is 5.88 Å². The van der Waals surface area contributed by atoms with Crippen molar-refractivity contribution >= 4 is 11.5 Å². The van der Waals surface area contributed by atoms with Crippen molar-refractivity contribution in [1.82, 2.24) is 4.98 Å². The topological polar surface area (TPSA) is 75.2 Å². The SMILES string of the molecule is CC(C)Oc1nc(N(C)C(C)CC#N)ccc1N. The summed E-state index contributed by atoms with van der Waals surface area (Å²) >= 11 is 0. The van der Waals surface area contributed by atoms with Crippen LogP contribution in [0.1, 0.15) is 27.2 Å². The van der Waals surface area contributed by atoms with Crippen molar-refractivity contribution in [3.63, 3.8) is 0 Å². The molecule has 0 spiro atoms. The van der Waals surface area contributed by atoms with Crippen molar-refractivity contribution in [2.24, 2.45) is 0 Å². The molecular weight excluding hydrogens is 228 g/mol. The van der Waals surface area contributed by atoms with Crippen LogP contribution in [-0.2, 0) is 0 Å². The molecule has 0 saturated heterocycles. The molecule has 0 aliphatic heterocycles. The van der Waals surface area contributed by atoms with Gasteiger partial charge in [-0.05, 0) is 32.9 Å². The van der Waals surface area contributed by atoms with Crippen LogP contribution >= 0.6 is 0 Å². The Morgan fingerprint density at radius 1 is 1.44 bits per heavy atom. The average molecular weight is 248 g/mol. The summed E-state index contributed by atoms with van der Waals surface area (Å²) in [6.07, 6.45) is 0.472. The number of nitrogens with zero attached hydrogens (tertiary/aromatic N) is 3. The van der Waals surface area contributed by atoms with E-state index in [1.807, 2.05) is 38.8 Å². The van der Waals surface area contributed by atoms with E-state index in [4.69, 9.17) is 15.7 Å². The summed E-state index contributed by atoms with van der Waals surface area (Å²) in [5.74, 6) is 1.20. The van der Waals surface area contributed by atoms with Crippen LogP contribution in [0.15, 0.2) is 12.1 Å². The number of hydrogen-bond acceptors (Lipinski definition) is 5. The Morgan fingerprint density at radius 2 is 2.11 bits per heavy atom.